The van der Waals surface area contributed by atoms with Crippen LogP contribution in [-0.4, -0.2) is 6.61 Å². The van der Waals surface area contributed by atoms with Gasteiger partial charge in [-0.1, -0.05) is 22.0 Å². The largest absolute Gasteiger partial charge is 0.501 e. The Bertz CT molecular complexity index is 517. The lowest BCUT2D eigenvalue weighted by atomic mass is 9.92. The number of alkyl halides is 3. The molecule has 1 aromatic carbocycles. The molecule has 2 rings (SSSR count). The van der Waals surface area contributed by atoms with E-state index < -0.39 is 17.8 Å². The van der Waals surface area contributed by atoms with E-state index in [-0.39, 0.29) is 5.56 Å². The van der Waals surface area contributed by atoms with E-state index >= 15 is 0 Å². The highest BCUT2D eigenvalue weighted by molar-refractivity contribution is 9.10. The molecule has 0 bridgehead atoms. The fraction of sp³-hybridized carbons (Fsp3) is 0.385. The van der Waals surface area contributed by atoms with E-state index in [9.17, 15) is 13.2 Å². The van der Waals surface area contributed by atoms with Crippen molar-refractivity contribution in [1.29, 1.82) is 0 Å². The van der Waals surface area contributed by atoms with E-state index in [1.54, 1.807) is 6.07 Å². The third-order valence-electron chi connectivity index (χ3n) is 3.13. The van der Waals surface area contributed by atoms with Gasteiger partial charge >= 0.3 is 6.18 Å². The van der Waals surface area contributed by atoms with Crippen molar-refractivity contribution in [3.8, 4) is 0 Å². The van der Waals surface area contributed by atoms with Crippen molar-refractivity contribution in [2.45, 2.75) is 25.1 Å². The first-order valence-corrected chi connectivity index (χ1v) is 6.86. The molecule has 1 aliphatic heterocycles. The molecule has 0 spiro atoms. The third-order valence-corrected chi connectivity index (χ3v) is 3.62. The lowest BCUT2D eigenvalue weighted by Crippen LogP contribution is -2.32. The second-order valence-electron chi connectivity index (χ2n) is 4.50. The molecule has 0 amide bonds. The summed E-state index contributed by atoms with van der Waals surface area (Å²) in [6, 6.07) is 3.34. The molecule has 3 nitrogen and oxygen atoms in total. The smallest absolute Gasteiger partial charge is 0.416 e. The number of hydrazine groups is 1. The van der Waals surface area contributed by atoms with Crippen LogP contribution < -0.4 is 11.3 Å². The predicted octanol–water partition coefficient (Wildman–Crippen LogP) is 3.67. The minimum absolute atomic E-state index is 0.0972. The Hall–Kier alpha value is -1.05. The first-order chi connectivity index (χ1) is 9.43. The minimum atomic E-state index is -4.44. The predicted molar refractivity (Wildman–Crippen MR) is 72.5 cm³/mol. The van der Waals surface area contributed by atoms with Crippen LogP contribution >= 0.6 is 15.9 Å². The summed E-state index contributed by atoms with van der Waals surface area (Å²) in [6.07, 6.45) is -1.52. The Balaban J connectivity index is 2.46. The number of ether oxygens (including phenoxy) is 1. The van der Waals surface area contributed by atoms with E-state index in [2.05, 4.69) is 21.4 Å². The molecule has 1 atom stereocenters. The minimum Gasteiger partial charge on any atom is -0.501 e. The van der Waals surface area contributed by atoms with Gasteiger partial charge in [0.05, 0.1) is 24.5 Å². The molecule has 20 heavy (non-hydrogen) atoms. The normalized spacial score (nSPS) is 17.4. The lowest BCUT2D eigenvalue weighted by Gasteiger charge is -2.25. The summed E-state index contributed by atoms with van der Waals surface area (Å²) in [7, 11) is 0. The van der Waals surface area contributed by atoms with Crippen LogP contribution in [0.15, 0.2) is 34.5 Å². The topological polar surface area (TPSA) is 47.3 Å². The maximum atomic E-state index is 13.2. The molecule has 3 N–H and O–H groups in total. The molecular formula is C13H14BrF3N2O. The zero-order valence-electron chi connectivity index (χ0n) is 10.5. The van der Waals surface area contributed by atoms with Gasteiger partial charge in [-0.15, -0.1) is 0 Å². The molecule has 7 heteroatoms. The van der Waals surface area contributed by atoms with E-state index in [1.165, 1.54) is 12.3 Å². The summed E-state index contributed by atoms with van der Waals surface area (Å²) in [5.74, 6) is 5.46. The van der Waals surface area contributed by atoms with Gasteiger partial charge in [-0.3, -0.25) is 5.84 Å². The molecule has 1 unspecified atom stereocenters. The highest BCUT2D eigenvalue weighted by Crippen LogP contribution is 2.39. The lowest BCUT2D eigenvalue weighted by molar-refractivity contribution is -0.138. The van der Waals surface area contributed by atoms with Crippen LogP contribution in [0.3, 0.4) is 0 Å². The van der Waals surface area contributed by atoms with E-state index in [0.717, 1.165) is 12.5 Å². The summed E-state index contributed by atoms with van der Waals surface area (Å²) in [4.78, 5) is 0. The Kier molecular flexibility index (Phi) is 4.72. The number of rotatable bonds is 3. The molecule has 1 aromatic rings. The monoisotopic (exact) mass is 350 g/mol. The van der Waals surface area contributed by atoms with Crippen LogP contribution in [-0.2, 0) is 10.9 Å². The first-order valence-electron chi connectivity index (χ1n) is 6.07. The van der Waals surface area contributed by atoms with Crippen molar-refractivity contribution < 1.29 is 17.9 Å². The fourth-order valence-electron chi connectivity index (χ4n) is 2.22. The second kappa shape index (κ2) is 6.15. The van der Waals surface area contributed by atoms with Crippen molar-refractivity contribution in [1.82, 2.24) is 5.43 Å². The van der Waals surface area contributed by atoms with Gasteiger partial charge in [0.2, 0.25) is 0 Å². The SMILES string of the molecule is NNC(C1=COCCC1)c1ccc(Br)cc1C(F)(F)F. The molecule has 0 radical (unpaired) electrons. The molecule has 0 aromatic heterocycles. The average Bonchev–Trinajstić information content (AvgIpc) is 2.41. The maximum absolute atomic E-state index is 13.2. The van der Waals surface area contributed by atoms with Gasteiger partial charge in [0.1, 0.15) is 0 Å². The number of hydrogen-bond acceptors (Lipinski definition) is 3. The number of nitrogens with one attached hydrogen (secondary N) is 1. The highest BCUT2D eigenvalue weighted by Gasteiger charge is 2.36. The van der Waals surface area contributed by atoms with Crippen molar-refractivity contribution in [2.24, 2.45) is 5.84 Å². The standard InChI is InChI=1S/C13H14BrF3N2O/c14-9-3-4-10(11(6-9)13(15,16)17)12(19-18)8-2-1-5-20-7-8/h3-4,6-7,12,19H,1-2,5,18H2. The molecule has 1 aliphatic rings. The molecular weight excluding hydrogens is 337 g/mol. The van der Waals surface area contributed by atoms with Gasteiger partial charge in [0.15, 0.2) is 0 Å². The Morgan fingerprint density at radius 2 is 2.10 bits per heavy atom. The summed E-state index contributed by atoms with van der Waals surface area (Å²) in [6.45, 7) is 0.577. The molecule has 110 valence electrons. The Morgan fingerprint density at radius 3 is 2.65 bits per heavy atom. The van der Waals surface area contributed by atoms with Crippen molar-refractivity contribution in [3.05, 3.63) is 45.6 Å². The van der Waals surface area contributed by atoms with Crippen molar-refractivity contribution in [3.63, 3.8) is 0 Å². The van der Waals surface area contributed by atoms with Gasteiger partial charge < -0.3 is 4.74 Å². The van der Waals surface area contributed by atoms with Crippen LogP contribution in [0.25, 0.3) is 0 Å². The number of halogens is 4. The molecule has 0 fully saturated rings. The maximum Gasteiger partial charge on any atom is 0.416 e. The van der Waals surface area contributed by atoms with Gasteiger partial charge in [0.25, 0.3) is 0 Å². The molecule has 0 saturated carbocycles. The molecule has 1 heterocycles. The van der Waals surface area contributed by atoms with Gasteiger partial charge in [-0.2, -0.15) is 13.2 Å². The third kappa shape index (κ3) is 3.34. The Morgan fingerprint density at radius 1 is 1.35 bits per heavy atom. The average molecular weight is 351 g/mol. The van der Waals surface area contributed by atoms with Crippen molar-refractivity contribution >= 4 is 15.9 Å². The summed E-state index contributed by atoms with van der Waals surface area (Å²) >= 11 is 3.06. The molecule has 0 aliphatic carbocycles. The highest BCUT2D eigenvalue weighted by atomic mass is 79.9. The zero-order chi connectivity index (χ0) is 14.8. The number of benzene rings is 1. The van der Waals surface area contributed by atoms with E-state index in [4.69, 9.17) is 10.6 Å². The van der Waals surface area contributed by atoms with Crippen LogP contribution in [0.1, 0.15) is 30.0 Å². The summed E-state index contributed by atoms with van der Waals surface area (Å²) in [5, 5.41) is 0. The number of hydrogen-bond donors (Lipinski definition) is 2. The van der Waals surface area contributed by atoms with Crippen LogP contribution in [0.2, 0.25) is 0 Å². The van der Waals surface area contributed by atoms with E-state index in [1.807, 2.05) is 0 Å². The van der Waals surface area contributed by atoms with Crippen LogP contribution in [0, 0.1) is 0 Å². The number of nitrogens with two attached hydrogens (primary N) is 1. The van der Waals surface area contributed by atoms with Crippen molar-refractivity contribution in [2.75, 3.05) is 6.61 Å². The summed E-state index contributed by atoms with van der Waals surface area (Å²) in [5.41, 5.74) is 2.56. The van der Waals surface area contributed by atoms with Gasteiger partial charge in [0, 0.05) is 4.47 Å². The Labute approximate surface area is 123 Å². The summed E-state index contributed by atoms with van der Waals surface area (Å²) < 4.78 is 45.0. The van der Waals surface area contributed by atoms with Crippen LogP contribution in [0.5, 0.6) is 0 Å². The molecule has 0 saturated heterocycles. The van der Waals surface area contributed by atoms with Crippen LogP contribution in [0.4, 0.5) is 13.2 Å². The first kappa shape index (κ1) is 15.3. The van der Waals surface area contributed by atoms with Gasteiger partial charge in [-0.25, -0.2) is 5.43 Å². The van der Waals surface area contributed by atoms with E-state index in [0.29, 0.717) is 23.1 Å². The fourth-order valence-corrected chi connectivity index (χ4v) is 2.58. The van der Waals surface area contributed by atoms with Gasteiger partial charge in [-0.05, 0) is 36.1 Å². The second-order valence-corrected chi connectivity index (χ2v) is 5.41. The quantitative estimate of drug-likeness (QED) is 0.645. The zero-order valence-corrected chi connectivity index (χ0v) is 12.1.